The van der Waals surface area contributed by atoms with Crippen molar-refractivity contribution < 1.29 is 28.9 Å². The largest absolute Gasteiger partial charge is 0.543 e. The molecule has 13 nitrogen and oxygen atoms in total. The van der Waals surface area contributed by atoms with Crippen LogP contribution in [0.1, 0.15) is 11.3 Å². The molecule has 0 radical (unpaired) electrons. The Labute approximate surface area is 217 Å². The molecule has 0 saturated carbocycles. The van der Waals surface area contributed by atoms with Crippen LogP contribution in [0, 0.1) is 11.3 Å². The minimum absolute atomic E-state index is 0.157. The summed E-state index contributed by atoms with van der Waals surface area (Å²) in [7, 11) is 1.27. The van der Waals surface area contributed by atoms with Crippen molar-refractivity contribution in [1.82, 2.24) is 19.6 Å². The smallest absolute Gasteiger partial charge is 0.286 e. The Morgan fingerprint density at radius 3 is 2.95 bits per heavy atom. The number of nitrogen functional groups attached to an aromatic ring is 1. The van der Waals surface area contributed by atoms with E-state index in [1.54, 1.807) is 35.1 Å². The lowest BCUT2D eigenvalue weighted by molar-refractivity contribution is -0.662. The van der Waals surface area contributed by atoms with Crippen molar-refractivity contribution in [3.8, 4) is 6.07 Å². The third-order valence-corrected chi connectivity index (χ3v) is 7.85. The molecule has 0 bridgehead atoms. The number of fused-ring (bicyclic) bond motifs is 2. The quantitative estimate of drug-likeness (QED) is 0.158. The number of nitrogens with one attached hydrogen (secondary N) is 1. The minimum Gasteiger partial charge on any atom is -0.543 e. The number of carboxylic acid groups (broad SMARTS) is 1. The molecule has 15 heteroatoms. The predicted molar refractivity (Wildman–Crippen MR) is 129 cm³/mol. The Bertz CT molecular complexity index is 1550. The van der Waals surface area contributed by atoms with E-state index < -0.39 is 29.2 Å². The molecule has 3 aromatic rings. The number of rotatable bonds is 7. The summed E-state index contributed by atoms with van der Waals surface area (Å²) >= 11 is 2.44. The van der Waals surface area contributed by atoms with Crippen LogP contribution in [0.5, 0.6) is 0 Å². The van der Waals surface area contributed by atoms with Crippen molar-refractivity contribution >= 4 is 57.4 Å². The molecule has 1 fully saturated rings. The van der Waals surface area contributed by atoms with Gasteiger partial charge in [-0.1, -0.05) is 5.16 Å². The van der Waals surface area contributed by atoms with Gasteiger partial charge in [0, 0.05) is 22.8 Å². The second kappa shape index (κ2) is 9.56. The minimum atomic E-state index is -1.48. The van der Waals surface area contributed by atoms with Crippen LogP contribution >= 0.6 is 23.1 Å². The van der Waals surface area contributed by atoms with E-state index in [1.165, 1.54) is 24.3 Å². The molecular formula is C22H18N8O5S2. The molecule has 0 spiro atoms. The third-order valence-electron chi connectivity index (χ3n) is 5.84. The van der Waals surface area contributed by atoms with Crippen LogP contribution in [-0.4, -0.2) is 62.1 Å². The van der Waals surface area contributed by atoms with Crippen molar-refractivity contribution in [2.24, 2.45) is 5.16 Å². The van der Waals surface area contributed by atoms with Gasteiger partial charge in [-0.3, -0.25) is 14.5 Å². The van der Waals surface area contributed by atoms with Gasteiger partial charge < -0.3 is 25.8 Å². The summed E-state index contributed by atoms with van der Waals surface area (Å²) in [5.41, 5.74) is 7.18. The molecule has 2 atom stereocenters. The standard InChI is InChI=1S/C22H18N8O5S2/c1-35-27-15(13-10-37-22(24)25-13)18(31)26-16-19(32)30-17(21(33)34)12(9-36-20(16)30)8-29-5-4-28-7-11(6-23)2-3-14(28)29/h2-5,7,10,16,20H,8-9H2,1H3,(H3-,24,25,26,31,33,34)/b27-15-/t16-,20-/m1/s1. The number of hydrogen-bond donors (Lipinski definition) is 2. The number of amides is 2. The number of β-lactam (4-membered cyclic amide) rings is 1. The van der Waals surface area contributed by atoms with Crippen molar-refractivity contribution in [3.05, 3.63) is 58.6 Å². The van der Waals surface area contributed by atoms with Crippen LogP contribution in [0.2, 0.25) is 0 Å². The predicted octanol–water partition coefficient (Wildman–Crippen LogP) is -1.41. The number of carboxylic acids is 1. The third kappa shape index (κ3) is 4.26. The summed E-state index contributed by atoms with van der Waals surface area (Å²) < 4.78 is 3.57. The van der Waals surface area contributed by atoms with Gasteiger partial charge in [0.2, 0.25) is 0 Å². The maximum absolute atomic E-state index is 13.0. The number of carbonyl (C=O) groups is 3. The highest BCUT2D eigenvalue weighted by Gasteiger charge is 2.53. The van der Waals surface area contributed by atoms with Gasteiger partial charge in [0.1, 0.15) is 55.4 Å². The normalized spacial score (nSPS) is 19.3. The van der Waals surface area contributed by atoms with E-state index in [-0.39, 0.29) is 28.8 Å². The summed E-state index contributed by atoms with van der Waals surface area (Å²) in [6, 6.07) is 4.52. The van der Waals surface area contributed by atoms with Gasteiger partial charge in [0.05, 0.1) is 17.2 Å². The lowest BCUT2D eigenvalue weighted by Crippen LogP contribution is -2.71. The Morgan fingerprint density at radius 2 is 2.27 bits per heavy atom. The number of thioether (sulfide) groups is 1. The molecule has 2 amide bonds. The fourth-order valence-electron chi connectivity index (χ4n) is 4.20. The van der Waals surface area contributed by atoms with Gasteiger partial charge >= 0.3 is 0 Å². The number of aliphatic carboxylic acids is 1. The van der Waals surface area contributed by atoms with Crippen molar-refractivity contribution in [1.29, 1.82) is 5.26 Å². The van der Waals surface area contributed by atoms with E-state index in [9.17, 15) is 19.5 Å². The number of thiazole rings is 1. The molecule has 1 saturated heterocycles. The SMILES string of the molecule is CO/N=C(\C(=O)N[C@@H]1C(=O)N2C(C(=O)[O-])=C(C[n+]3ccn4cc(C#N)ccc43)CS[C@H]12)c1csc(N)n1. The zero-order valence-electron chi connectivity index (χ0n) is 19.2. The maximum atomic E-state index is 13.0. The number of anilines is 1. The summed E-state index contributed by atoms with van der Waals surface area (Å²) in [4.78, 5) is 47.9. The van der Waals surface area contributed by atoms with E-state index in [4.69, 9.17) is 15.8 Å². The van der Waals surface area contributed by atoms with Gasteiger partial charge in [-0.25, -0.2) is 14.0 Å². The van der Waals surface area contributed by atoms with Gasteiger partial charge in [-0.05, 0) is 6.07 Å². The highest BCUT2D eigenvalue weighted by Crippen LogP contribution is 2.40. The van der Waals surface area contributed by atoms with E-state index >= 15 is 0 Å². The fourth-order valence-corrected chi connectivity index (χ4v) is 6.09. The Kier molecular flexibility index (Phi) is 6.27. The Balaban J connectivity index is 1.37. The second-order valence-electron chi connectivity index (χ2n) is 8.02. The van der Waals surface area contributed by atoms with E-state index in [1.807, 2.05) is 4.57 Å². The summed E-state index contributed by atoms with van der Waals surface area (Å²) in [5.74, 6) is -2.47. The molecule has 2 aliphatic heterocycles. The first kappa shape index (κ1) is 24.3. The lowest BCUT2D eigenvalue weighted by atomic mass is 10.0. The molecule has 3 aromatic heterocycles. The zero-order valence-corrected chi connectivity index (χ0v) is 20.8. The number of pyridine rings is 1. The second-order valence-corrected chi connectivity index (χ2v) is 10.0. The number of nitrogens with zero attached hydrogens (tertiary/aromatic N) is 6. The van der Waals surface area contributed by atoms with Crippen LogP contribution in [-0.2, 0) is 25.8 Å². The lowest BCUT2D eigenvalue weighted by Gasteiger charge is -2.50. The summed E-state index contributed by atoms with van der Waals surface area (Å²) in [6.07, 6.45) is 5.18. The zero-order chi connectivity index (χ0) is 26.3. The average Bonchev–Trinajstić information content (AvgIpc) is 3.50. The van der Waals surface area contributed by atoms with Gasteiger partial charge in [0.25, 0.3) is 17.5 Å². The summed E-state index contributed by atoms with van der Waals surface area (Å²) in [6.45, 7) is 0.197. The van der Waals surface area contributed by atoms with Crippen molar-refractivity contribution in [3.63, 3.8) is 0 Å². The fraction of sp³-hybridized carbons (Fsp3) is 0.227. The van der Waals surface area contributed by atoms with Crippen LogP contribution in [0.4, 0.5) is 5.13 Å². The molecule has 37 heavy (non-hydrogen) atoms. The first-order chi connectivity index (χ1) is 17.8. The Morgan fingerprint density at radius 1 is 1.46 bits per heavy atom. The first-order valence-corrected chi connectivity index (χ1v) is 12.7. The van der Waals surface area contributed by atoms with E-state index in [0.29, 0.717) is 16.9 Å². The number of nitrogens with two attached hydrogens (primary N) is 1. The number of carbonyl (C=O) groups excluding carboxylic acids is 3. The van der Waals surface area contributed by atoms with Crippen molar-refractivity contribution in [2.75, 3.05) is 18.6 Å². The molecule has 188 valence electrons. The van der Waals surface area contributed by atoms with Crippen LogP contribution < -0.4 is 20.7 Å². The number of hydrogen-bond acceptors (Lipinski definition) is 11. The van der Waals surface area contributed by atoms with Gasteiger partial charge in [-0.2, -0.15) is 5.26 Å². The molecule has 0 aliphatic carbocycles. The molecule has 2 aliphatic rings. The first-order valence-electron chi connectivity index (χ1n) is 10.7. The van der Waals surface area contributed by atoms with Crippen LogP contribution in [0.15, 0.2) is 52.5 Å². The van der Waals surface area contributed by atoms with Crippen LogP contribution in [0.25, 0.3) is 5.65 Å². The Hall–Kier alpha value is -4.42. The highest BCUT2D eigenvalue weighted by molar-refractivity contribution is 8.00. The molecule has 0 aromatic carbocycles. The molecule has 0 unspecified atom stereocenters. The van der Waals surface area contributed by atoms with Gasteiger partial charge in [0.15, 0.2) is 10.8 Å². The molecule has 5 rings (SSSR count). The topological polar surface area (TPSA) is 182 Å². The average molecular weight is 539 g/mol. The number of aromatic nitrogens is 3. The van der Waals surface area contributed by atoms with Crippen LogP contribution in [0.3, 0.4) is 0 Å². The van der Waals surface area contributed by atoms with E-state index in [0.717, 1.165) is 21.9 Å². The number of nitriles is 1. The van der Waals surface area contributed by atoms with Crippen molar-refractivity contribution in [2.45, 2.75) is 18.0 Å². The summed E-state index contributed by atoms with van der Waals surface area (Å²) in [5, 5.41) is 28.7. The molecule has 5 heterocycles. The number of imidazole rings is 1. The van der Waals surface area contributed by atoms with Gasteiger partial charge in [-0.15, -0.1) is 23.1 Å². The maximum Gasteiger partial charge on any atom is 0.286 e. The molecular weight excluding hydrogens is 520 g/mol. The molecule has 3 N–H and O–H groups in total. The highest BCUT2D eigenvalue weighted by atomic mass is 32.2. The van der Waals surface area contributed by atoms with E-state index in [2.05, 4.69) is 21.5 Å². The monoisotopic (exact) mass is 538 g/mol. The number of oxime groups is 1.